The maximum atomic E-state index is 5.49. The second kappa shape index (κ2) is 2.62. The lowest BCUT2D eigenvalue weighted by Gasteiger charge is -2.01. The third-order valence-electron chi connectivity index (χ3n) is 1.91. The van der Waals surface area contributed by atoms with Gasteiger partial charge in [-0.05, 0) is 12.5 Å². The van der Waals surface area contributed by atoms with Crippen molar-refractivity contribution in [3.63, 3.8) is 0 Å². The van der Waals surface area contributed by atoms with E-state index in [4.69, 9.17) is 10.5 Å². The van der Waals surface area contributed by atoms with E-state index in [1.807, 2.05) is 13.1 Å². The van der Waals surface area contributed by atoms with E-state index in [9.17, 15) is 0 Å². The predicted octanol–water partition coefficient (Wildman–Crippen LogP) is 0.857. The molecule has 5 heteroatoms. The minimum atomic E-state index is 0.214. The van der Waals surface area contributed by atoms with Gasteiger partial charge in [-0.15, -0.1) is 0 Å². The molecule has 0 aromatic carbocycles. The van der Waals surface area contributed by atoms with Crippen LogP contribution in [0.2, 0.25) is 0 Å². The van der Waals surface area contributed by atoms with Gasteiger partial charge in [-0.25, -0.2) is 0 Å². The number of nitrogen functional groups attached to an aromatic ring is 1. The first-order chi connectivity index (χ1) is 6.22. The Balaban J connectivity index is 2.85. The van der Waals surface area contributed by atoms with Crippen LogP contribution in [0.4, 0.5) is 5.95 Å². The molecule has 0 saturated carbocycles. The van der Waals surface area contributed by atoms with Crippen molar-refractivity contribution in [1.29, 1.82) is 0 Å². The maximum Gasteiger partial charge on any atom is 0.227 e. The molecule has 0 fully saturated rings. The molecule has 3 N–H and O–H groups in total. The summed E-state index contributed by atoms with van der Waals surface area (Å²) >= 11 is 0. The van der Waals surface area contributed by atoms with Gasteiger partial charge in [0.15, 0.2) is 0 Å². The van der Waals surface area contributed by atoms with Crippen LogP contribution in [0.5, 0.6) is 5.88 Å². The summed E-state index contributed by atoms with van der Waals surface area (Å²) in [5.41, 5.74) is 7.25. The van der Waals surface area contributed by atoms with Crippen LogP contribution >= 0.6 is 0 Å². The number of H-pyrrole nitrogens is 1. The Hall–Kier alpha value is -1.78. The molecule has 5 nitrogen and oxygen atoms in total. The molecule has 0 atom stereocenters. The van der Waals surface area contributed by atoms with Crippen LogP contribution in [0.3, 0.4) is 0 Å². The van der Waals surface area contributed by atoms with E-state index in [0.717, 1.165) is 10.9 Å². The Morgan fingerprint density at radius 1 is 1.46 bits per heavy atom. The zero-order valence-corrected chi connectivity index (χ0v) is 7.46. The molecule has 0 bridgehead atoms. The van der Waals surface area contributed by atoms with E-state index in [-0.39, 0.29) is 5.95 Å². The Labute approximate surface area is 74.9 Å². The van der Waals surface area contributed by atoms with Gasteiger partial charge in [0.1, 0.15) is 5.65 Å². The molecule has 68 valence electrons. The number of anilines is 1. The summed E-state index contributed by atoms with van der Waals surface area (Å²) in [6, 6.07) is 0. The monoisotopic (exact) mass is 178 g/mol. The van der Waals surface area contributed by atoms with E-state index in [1.165, 1.54) is 0 Å². The highest BCUT2D eigenvalue weighted by Gasteiger charge is 2.09. The van der Waals surface area contributed by atoms with Gasteiger partial charge in [-0.1, -0.05) is 0 Å². The van der Waals surface area contributed by atoms with Crippen molar-refractivity contribution in [2.75, 3.05) is 12.8 Å². The first-order valence-corrected chi connectivity index (χ1v) is 3.87. The van der Waals surface area contributed by atoms with Crippen LogP contribution in [0.25, 0.3) is 11.0 Å². The number of hydrogen-bond acceptors (Lipinski definition) is 4. The number of rotatable bonds is 1. The predicted molar refractivity (Wildman–Crippen MR) is 49.6 cm³/mol. The van der Waals surface area contributed by atoms with E-state index in [1.54, 1.807) is 7.11 Å². The quantitative estimate of drug-likeness (QED) is 0.678. The zero-order valence-electron chi connectivity index (χ0n) is 7.46. The second-order valence-corrected chi connectivity index (χ2v) is 2.79. The van der Waals surface area contributed by atoms with Gasteiger partial charge in [0, 0.05) is 6.20 Å². The number of aryl methyl sites for hydroxylation is 1. The molecule has 2 aromatic heterocycles. The minimum Gasteiger partial charge on any atom is -0.480 e. The largest absolute Gasteiger partial charge is 0.480 e. The highest BCUT2D eigenvalue weighted by atomic mass is 16.5. The molecule has 2 heterocycles. The number of methoxy groups -OCH3 is 1. The molecule has 0 saturated heterocycles. The Morgan fingerprint density at radius 2 is 2.23 bits per heavy atom. The van der Waals surface area contributed by atoms with Gasteiger partial charge < -0.3 is 15.5 Å². The van der Waals surface area contributed by atoms with Gasteiger partial charge in [-0.2, -0.15) is 9.97 Å². The fourth-order valence-corrected chi connectivity index (χ4v) is 1.31. The van der Waals surface area contributed by atoms with Crippen molar-refractivity contribution < 1.29 is 4.74 Å². The number of nitrogens with zero attached hydrogens (tertiary/aromatic N) is 2. The standard InChI is InChI=1S/C8H10N4O/c1-4-3-10-6-5(4)7(13-2)12-8(9)11-6/h3H,1-2H3,(H3,9,10,11,12). The van der Waals surface area contributed by atoms with Gasteiger partial charge in [-0.3, -0.25) is 0 Å². The Kier molecular flexibility index (Phi) is 1.58. The van der Waals surface area contributed by atoms with Gasteiger partial charge in [0.25, 0.3) is 0 Å². The normalized spacial score (nSPS) is 10.6. The average Bonchev–Trinajstić information content (AvgIpc) is 2.46. The van der Waals surface area contributed by atoms with Crippen LogP contribution in [0.15, 0.2) is 6.20 Å². The summed E-state index contributed by atoms with van der Waals surface area (Å²) in [7, 11) is 1.56. The third-order valence-corrected chi connectivity index (χ3v) is 1.91. The van der Waals surface area contributed by atoms with E-state index in [2.05, 4.69) is 15.0 Å². The molecule has 0 amide bonds. The Morgan fingerprint density at radius 3 is 2.92 bits per heavy atom. The fourth-order valence-electron chi connectivity index (χ4n) is 1.31. The van der Waals surface area contributed by atoms with Crippen LogP contribution in [-0.4, -0.2) is 22.1 Å². The third kappa shape index (κ3) is 1.09. The molecule has 0 aliphatic heterocycles. The minimum absolute atomic E-state index is 0.214. The second-order valence-electron chi connectivity index (χ2n) is 2.79. The Bertz CT molecular complexity index is 449. The average molecular weight is 178 g/mol. The van der Waals surface area contributed by atoms with E-state index in [0.29, 0.717) is 11.5 Å². The molecular formula is C8H10N4O. The van der Waals surface area contributed by atoms with Crippen LogP contribution in [0, 0.1) is 6.92 Å². The summed E-state index contributed by atoms with van der Waals surface area (Å²) in [6.07, 6.45) is 1.85. The lowest BCUT2D eigenvalue weighted by Crippen LogP contribution is -1.98. The lowest BCUT2D eigenvalue weighted by molar-refractivity contribution is 0.403. The van der Waals surface area contributed by atoms with Crippen molar-refractivity contribution >= 4 is 17.0 Å². The summed E-state index contributed by atoms with van der Waals surface area (Å²) in [5.74, 6) is 0.729. The zero-order chi connectivity index (χ0) is 9.42. The molecule has 0 aliphatic rings. The summed E-state index contributed by atoms with van der Waals surface area (Å²) in [4.78, 5) is 11.0. The number of nitrogens with two attached hydrogens (primary N) is 1. The van der Waals surface area contributed by atoms with Gasteiger partial charge in [0.2, 0.25) is 11.8 Å². The van der Waals surface area contributed by atoms with Gasteiger partial charge >= 0.3 is 0 Å². The number of hydrogen-bond donors (Lipinski definition) is 2. The van der Waals surface area contributed by atoms with Crippen molar-refractivity contribution in [2.45, 2.75) is 6.92 Å². The lowest BCUT2D eigenvalue weighted by atomic mass is 10.3. The van der Waals surface area contributed by atoms with E-state index >= 15 is 0 Å². The van der Waals surface area contributed by atoms with Crippen LogP contribution in [0.1, 0.15) is 5.56 Å². The fraction of sp³-hybridized carbons (Fsp3) is 0.250. The molecule has 2 rings (SSSR count). The first-order valence-electron chi connectivity index (χ1n) is 3.87. The molecule has 2 aromatic rings. The number of ether oxygens (including phenoxy) is 1. The van der Waals surface area contributed by atoms with Crippen LogP contribution < -0.4 is 10.5 Å². The smallest absolute Gasteiger partial charge is 0.227 e. The number of aromatic amines is 1. The first kappa shape index (κ1) is 7.85. The topological polar surface area (TPSA) is 76.8 Å². The molecular weight excluding hydrogens is 168 g/mol. The highest BCUT2D eigenvalue weighted by molar-refractivity contribution is 5.85. The molecule has 0 unspecified atom stereocenters. The number of aromatic nitrogens is 3. The highest BCUT2D eigenvalue weighted by Crippen LogP contribution is 2.25. The molecule has 0 spiro atoms. The maximum absolute atomic E-state index is 5.49. The van der Waals surface area contributed by atoms with Gasteiger partial charge in [0.05, 0.1) is 12.5 Å². The SMILES string of the molecule is COc1nc(N)nc2[nH]cc(C)c12. The van der Waals surface area contributed by atoms with Crippen molar-refractivity contribution in [3.05, 3.63) is 11.8 Å². The number of fused-ring (bicyclic) bond motifs is 1. The van der Waals surface area contributed by atoms with Crippen molar-refractivity contribution in [2.24, 2.45) is 0 Å². The van der Waals surface area contributed by atoms with Crippen molar-refractivity contribution in [1.82, 2.24) is 15.0 Å². The number of nitrogens with one attached hydrogen (secondary N) is 1. The summed E-state index contributed by atoms with van der Waals surface area (Å²) < 4.78 is 5.10. The summed E-state index contributed by atoms with van der Waals surface area (Å²) in [5, 5.41) is 0.886. The molecule has 0 radical (unpaired) electrons. The van der Waals surface area contributed by atoms with E-state index < -0.39 is 0 Å². The molecule has 0 aliphatic carbocycles. The van der Waals surface area contributed by atoms with Crippen molar-refractivity contribution in [3.8, 4) is 5.88 Å². The van der Waals surface area contributed by atoms with Crippen LogP contribution in [-0.2, 0) is 0 Å². The molecule has 13 heavy (non-hydrogen) atoms. The summed E-state index contributed by atoms with van der Waals surface area (Å²) in [6.45, 7) is 1.96.